The summed E-state index contributed by atoms with van der Waals surface area (Å²) in [6, 6.07) is 27.7. The Hall–Kier alpha value is -4.80. The van der Waals surface area contributed by atoms with E-state index in [1.807, 2.05) is 56.3 Å². The summed E-state index contributed by atoms with van der Waals surface area (Å²) in [6.45, 7) is 4.12. The molecule has 1 atom stereocenters. The highest BCUT2D eigenvalue weighted by Crippen LogP contribution is 2.44. The second-order valence-corrected chi connectivity index (χ2v) is 12.8. The highest BCUT2D eigenvalue weighted by molar-refractivity contribution is 8.00. The van der Waals surface area contributed by atoms with Crippen LogP contribution in [-0.2, 0) is 21.9 Å². The van der Waals surface area contributed by atoms with Crippen molar-refractivity contribution in [3.63, 3.8) is 0 Å². The minimum Gasteiger partial charge on any atom is -0.507 e. The van der Waals surface area contributed by atoms with Crippen molar-refractivity contribution in [3.8, 4) is 5.75 Å². The van der Waals surface area contributed by atoms with Gasteiger partial charge in [0.15, 0.2) is 4.34 Å². The molecule has 1 N–H and O–H groups in total. The molecule has 5 aromatic rings. The van der Waals surface area contributed by atoms with Gasteiger partial charge in [-0.15, -0.1) is 10.2 Å². The third kappa shape index (κ3) is 6.52. The second-order valence-electron chi connectivity index (χ2n) is 10.6. The predicted octanol–water partition coefficient (Wildman–Crippen LogP) is 7.79. The minimum atomic E-state index is -0.948. The molecule has 0 aliphatic carbocycles. The van der Waals surface area contributed by atoms with Crippen molar-refractivity contribution in [3.05, 3.63) is 142 Å². The van der Waals surface area contributed by atoms with Gasteiger partial charge < -0.3 is 9.84 Å². The van der Waals surface area contributed by atoms with Gasteiger partial charge in [-0.25, -0.2) is 4.39 Å². The van der Waals surface area contributed by atoms with Crippen molar-refractivity contribution in [1.29, 1.82) is 0 Å². The van der Waals surface area contributed by atoms with Crippen LogP contribution in [0.2, 0.25) is 0 Å². The van der Waals surface area contributed by atoms with Crippen LogP contribution in [0.3, 0.4) is 0 Å². The van der Waals surface area contributed by atoms with Gasteiger partial charge >= 0.3 is 5.91 Å². The average molecular weight is 638 g/mol. The maximum atomic E-state index is 13.6. The lowest BCUT2D eigenvalue weighted by Gasteiger charge is -2.23. The maximum absolute atomic E-state index is 13.6. The van der Waals surface area contributed by atoms with Crippen LogP contribution < -0.4 is 9.64 Å². The monoisotopic (exact) mass is 637 g/mol. The van der Waals surface area contributed by atoms with Gasteiger partial charge in [0, 0.05) is 11.3 Å². The zero-order valence-corrected chi connectivity index (χ0v) is 26.1. The first-order valence-electron chi connectivity index (χ1n) is 14.1. The van der Waals surface area contributed by atoms with E-state index in [2.05, 4.69) is 10.2 Å². The molecule has 4 aromatic carbocycles. The summed E-state index contributed by atoms with van der Waals surface area (Å²) in [6.07, 6.45) is 0. The van der Waals surface area contributed by atoms with Crippen LogP contribution in [0.5, 0.6) is 5.75 Å². The Labute approximate surface area is 268 Å². The van der Waals surface area contributed by atoms with E-state index in [9.17, 15) is 19.1 Å². The molecule has 10 heteroatoms. The summed E-state index contributed by atoms with van der Waals surface area (Å²) in [5, 5.41) is 20.4. The smallest absolute Gasteiger partial charge is 0.301 e. The van der Waals surface area contributed by atoms with Crippen molar-refractivity contribution < 1.29 is 23.8 Å². The Bertz CT molecular complexity index is 1890. The molecule has 0 radical (unpaired) electrons. The van der Waals surface area contributed by atoms with Crippen LogP contribution in [0.25, 0.3) is 5.76 Å². The number of carbonyl (C=O) groups excluding carboxylic acids is 2. The number of anilines is 1. The molecule has 226 valence electrons. The number of aliphatic hydroxyl groups excluding tert-OH is 1. The molecule has 1 aromatic heterocycles. The maximum Gasteiger partial charge on any atom is 0.301 e. The van der Waals surface area contributed by atoms with Crippen LogP contribution in [0.4, 0.5) is 9.52 Å². The number of amides is 1. The molecule has 1 amide bonds. The van der Waals surface area contributed by atoms with E-state index in [-0.39, 0.29) is 22.3 Å². The van der Waals surface area contributed by atoms with Crippen molar-refractivity contribution in [2.45, 2.75) is 36.6 Å². The lowest BCUT2D eigenvalue weighted by atomic mass is 9.93. The molecule has 0 saturated carbocycles. The topological polar surface area (TPSA) is 92.6 Å². The number of halogens is 1. The number of thioether (sulfide) groups is 1. The fourth-order valence-corrected chi connectivity index (χ4v) is 6.88. The van der Waals surface area contributed by atoms with E-state index in [0.717, 1.165) is 22.3 Å². The number of aryl methyl sites for hydroxylation is 2. The van der Waals surface area contributed by atoms with E-state index in [4.69, 9.17) is 4.74 Å². The number of Topliss-reactive ketones (excluding diaryl/α,β-unsaturated/α-hetero) is 1. The molecule has 1 aliphatic rings. The van der Waals surface area contributed by atoms with Crippen LogP contribution in [-0.4, -0.2) is 27.0 Å². The third-order valence-electron chi connectivity index (χ3n) is 7.41. The predicted molar refractivity (Wildman–Crippen MR) is 174 cm³/mol. The minimum absolute atomic E-state index is 0.0256. The Kier molecular flexibility index (Phi) is 8.77. The summed E-state index contributed by atoms with van der Waals surface area (Å²) in [7, 11) is 0. The summed E-state index contributed by atoms with van der Waals surface area (Å²) < 4.78 is 19.9. The first kappa shape index (κ1) is 30.2. The summed E-state index contributed by atoms with van der Waals surface area (Å²) in [5.41, 5.74) is 4.65. The van der Waals surface area contributed by atoms with Crippen molar-refractivity contribution in [1.82, 2.24) is 10.2 Å². The highest BCUT2D eigenvalue weighted by Gasteiger charge is 2.48. The van der Waals surface area contributed by atoms with Gasteiger partial charge in [0.05, 0.1) is 11.6 Å². The van der Waals surface area contributed by atoms with Gasteiger partial charge in [0.25, 0.3) is 5.78 Å². The molecule has 1 aliphatic heterocycles. The van der Waals surface area contributed by atoms with Crippen molar-refractivity contribution >= 4 is 45.7 Å². The number of hydrogen-bond donors (Lipinski definition) is 1. The first-order chi connectivity index (χ1) is 21.8. The van der Waals surface area contributed by atoms with Crippen LogP contribution in [0, 0.1) is 19.7 Å². The molecular formula is C35H28FN3O4S2. The molecule has 6 rings (SSSR count). The number of carbonyl (C=O) groups is 2. The van der Waals surface area contributed by atoms with E-state index < -0.39 is 17.7 Å². The molecule has 0 bridgehead atoms. The molecule has 1 unspecified atom stereocenters. The molecule has 0 spiro atoms. The highest BCUT2D eigenvalue weighted by atomic mass is 32.2. The molecule has 2 heterocycles. The fraction of sp³-hybridized carbons (Fsp3) is 0.143. The van der Waals surface area contributed by atoms with Gasteiger partial charge in [-0.3, -0.25) is 14.5 Å². The number of nitrogens with zero attached hydrogens (tertiary/aromatic N) is 3. The first-order valence-corrected chi connectivity index (χ1v) is 15.9. The third-order valence-corrected chi connectivity index (χ3v) is 9.54. The van der Waals surface area contributed by atoms with Gasteiger partial charge in [0.2, 0.25) is 5.13 Å². The van der Waals surface area contributed by atoms with Gasteiger partial charge in [-0.1, -0.05) is 95.4 Å². The zero-order valence-electron chi connectivity index (χ0n) is 24.4. The largest absolute Gasteiger partial charge is 0.507 e. The van der Waals surface area contributed by atoms with Crippen LogP contribution in [0.15, 0.2) is 107 Å². The van der Waals surface area contributed by atoms with Crippen LogP contribution in [0.1, 0.15) is 39.4 Å². The summed E-state index contributed by atoms with van der Waals surface area (Å²) >= 11 is 2.56. The van der Waals surface area contributed by atoms with E-state index in [1.54, 1.807) is 42.5 Å². The number of rotatable bonds is 9. The number of benzene rings is 4. The fourth-order valence-electron chi connectivity index (χ4n) is 5.05. The number of aliphatic hydroxyl groups is 1. The molecule has 45 heavy (non-hydrogen) atoms. The number of aromatic nitrogens is 2. The Morgan fingerprint density at radius 1 is 0.933 bits per heavy atom. The van der Waals surface area contributed by atoms with Crippen LogP contribution >= 0.6 is 23.1 Å². The lowest BCUT2D eigenvalue weighted by molar-refractivity contribution is -0.132. The Morgan fingerprint density at radius 2 is 1.67 bits per heavy atom. The summed E-state index contributed by atoms with van der Waals surface area (Å²) in [4.78, 5) is 28.6. The number of ether oxygens (including phenoxy) is 1. The van der Waals surface area contributed by atoms with Crippen molar-refractivity contribution in [2.24, 2.45) is 0 Å². The normalized spacial score (nSPS) is 15.9. The SMILES string of the molecule is Cc1ccc(C)c(C(O)=C2C(=O)C(=O)N(c3nnc(SCc4ccc(F)cc4)s3)C2c2ccc(OCc3ccccc3)cc2)c1. The summed E-state index contributed by atoms with van der Waals surface area (Å²) in [5.74, 6) is -1.03. The van der Waals surface area contributed by atoms with Gasteiger partial charge in [0.1, 0.15) is 23.9 Å². The van der Waals surface area contributed by atoms with E-state index in [1.165, 1.54) is 40.1 Å². The van der Waals surface area contributed by atoms with Gasteiger partial charge in [-0.2, -0.15) is 0 Å². The Morgan fingerprint density at radius 3 is 2.40 bits per heavy atom. The average Bonchev–Trinajstić information content (AvgIpc) is 3.63. The van der Waals surface area contributed by atoms with E-state index in [0.29, 0.717) is 33.6 Å². The van der Waals surface area contributed by atoms with Gasteiger partial charge in [-0.05, 0) is 66.4 Å². The molecule has 7 nitrogen and oxygen atoms in total. The quantitative estimate of drug-likeness (QED) is 0.0580. The molecule has 1 saturated heterocycles. The second kappa shape index (κ2) is 13.1. The molecular weight excluding hydrogens is 610 g/mol. The zero-order chi connectivity index (χ0) is 31.5. The standard InChI is InChI=1S/C35H28FN3O4S2/c1-21-8-9-22(2)28(18-21)31(40)29-30(25-12-16-27(17-13-25)43-19-23-6-4-3-5-7-23)39(33(42)32(29)41)34-37-38-35(45-34)44-20-24-10-14-26(36)15-11-24/h3-18,30,40H,19-20H2,1-2H3. The number of ketones is 1. The number of hydrogen-bond acceptors (Lipinski definition) is 8. The van der Waals surface area contributed by atoms with Crippen molar-refractivity contribution in [2.75, 3.05) is 4.90 Å². The Balaban J connectivity index is 1.35. The molecule has 1 fully saturated rings. The van der Waals surface area contributed by atoms with E-state index >= 15 is 0 Å². The lowest BCUT2D eigenvalue weighted by Crippen LogP contribution is -2.29.